The molecule has 0 aliphatic rings. The standard InChI is InChI=1S/C19H23NO3/c1-19(2,15-9-11-16(23-3)12-10-15)13-20-18(22)17(21)14-7-5-4-6-8-14/h4-12,17,21H,13H2,1-3H3,(H,20,22). The van der Waals surface area contributed by atoms with E-state index in [1.54, 1.807) is 31.4 Å². The van der Waals surface area contributed by atoms with Gasteiger partial charge < -0.3 is 15.2 Å². The van der Waals surface area contributed by atoms with E-state index < -0.39 is 12.0 Å². The molecule has 1 atom stereocenters. The van der Waals surface area contributed by atoms with E-state index in [0.29, 0.717) is 12.1 Å². The Kier molecular flexibility index (Phi) is 5.40. The maximum Gasteiger partial charge on any atom is 0.253 e. The van der Waals surface area contributed by atoms with Gasteiger partial charge in [-0.1, -0.05) is 56.3 Å². The summed E-state index contributed by atoms with van der Waals surface area (Å²) in [6, 6.07) is 16.7. The van der Waals surface area contributed by atoms with Gasteiger partial charge in [-0.3, -0.25) is 4.79 Å². The maximum absolute atomic E-state index is 12.1. The van der Waals surface area contributed by atoms with Crippen molar-refractivity contribution in [3.63, 3.8) is 0 Å². The van der Waals surface area contributed by atoms with Crippen LogP contribution in [0.2, 0.25) is 0 Å². The average molecular weight is 313 g/mol. The number of benzene rings is 2. The summed E-state index contributed by atoms with van der Waals surface area (Å²) in [4.78, 5) is 12.1. The minimum absolute atomic E-state index is 0.252. The SMILES string of the molecule is COc1ccc(C(C)(C)CNC(=O)C(O)c2ccccc2)cc1. The first kappa shape index (κ1) is 17.0. The number of carbonyl (C=O) groups is 1. The normalized spacial score (nSPS) is 12.5. The molecule has 4 heteroatoms. The highest BCUT2D eigenvalue weighted by atomic mass is 16.5. The van der Waals surface area contributed by atoms with Crippen LogP contribution in [0.5, 0.6) is 5.75 Å². The molecule has 0 heterocycles. The Morgan fingerprint density at radius 1 is 1.13 bits per heavy atom. The molecule has 0 spiro atoms. The second-order valence-electron chi connectivity index (χ2n) is 6.14. The Hall–Kier alpha value is -2.33. The molecule has 0 fully saturated rings. The molecule has 0 radical (unpaired) electrons. The van der Waals surface area contributed by atoms with Crippen LogP contribution in [-0.2, 0) is 10.2 Å². The van der Waals surface area contributed by atoms with Gasteiger partial charge in [0.1, 0.15) is 5.75 Å². The molecule has 0 saturated heterocycles. The van der Waals surface area contributed by atoms with Crippen molar-refractivity contribution in [2.75, 3.05) is 13.7 Å². The number of methoxy groups -OCH3 is 1. The molecule has 2 rings (SSSR count). The Labute approximate surface area is 137 Å². The highest BCUT2D eigenvalue weighted by Crippen LogP contribution is 2.25. The van der Waals surface area contributed by atoms with E-state index in [-0.39, 0.29) is 5.41 Å². The molecule has 4 nitrogen and oxygen atoms in total. The van der Waals surface area contributed by atoms with Gasteiger partial charge in [0.15, 0.2) is 6.10 Å². The maximum atomic E-state index is 12.1. The number of hydrogen-bond acceptors (Lipinski definition) is 3. The molecular formula is C19H23NO3. The van der Waals surface area contributed by atoms with Crippen molar-refractivity contribution in [3.8, 4) is 5.75 Å². The van der Waals surface area contributed by atoms with Crippen molar-refractivity contribution >= 4 is 5.91 Å². The van der Waals surface area contributed by atoms with Crippen LogP contribution in [-0.4, -0.2) is 24.7 Å². The first-order valence-electron chi connectivity index (χ1n) is 7.59. The summed E-state index contributed by atoms with van der Waals surface area (Å²) in [6.45, 7) is 4.52. The van der Waals surface area contributed by atoms with Gasteiger partial charge in [-0.05, 0) is 23.3 Å². The number of hydrogen-bond donors (Lipinski definition) is 2. The first-order valence-corrected chi connectivity index (χ1v) is 7.59. The zero-order valence-electron chi connectivity index (χ0n) is 13.7. The van der Waals surface area contributed by atoms with Crippen molar-refractivity contribution in [2.45, 2.75) is 25.4 Å². The molecule has 2 N–H and O–H groups in total. The van der Waals surface area contributed by atoms with Crippen LogP contribution in [0.3, 0.4) is 0 Å². The van der Waals surface area contributed by atoms with Crippen LogP contribution in [0.25, 0.3) is 0 Å². The van der Waals surface area contributed by atoms with Crippen molar-refractivity contribution < 1.29 is 14.6 Å². The second kappa shape index (κ2) is 7.29. The molecule has 2 aromatic rings. The number of nitrogens with one attached hydrogen (secondary N) is 1. The van der Waals surface area contributed by atoms with Crippen molar-refractivity contribution in [1.29, 1.82) is 0 Å². The Bertz CT molecular complexity index is 635. The first-order chi connectivity index (χ1) is 10.9. The smallest absolute Gasteiger partial charge is 0.253 e. The number of carbonyl (C=O) groups excluding carboxylic acids is 1. The summed E-state index contributed by atoms with van der Waals surface area (Å²) in [5.74, 6) is 0.408. The van der Waals surface area contributed by atoms with E-state index in [1.165, 1.54) is 0 Å². The fraction of sp³-hybridized carbons (Fsp3) is 0.316. The van der Waals surface area contributed by atoms with E-state index in [4.69, 9.17) is 4.74 Å². The summed E-state index contributed by atoms with van der Waals surface area (Å²) < 4.78 is 5.16. The summed E-state index contributed by atoms with van der Waals surface area (Å²) in [7, 11) is 1.63. The van der Waals surface area contributed by atoms with Gasteiger partial charge in [-0.25, -0.2) is 0 Å². The molecule has 0 aromatic heterocycles. The third-order valence-electron chi connectivity index (χ3n) is 3.94. The number of ether oxygens (including phenoxy) is 1. The quantitative estimate of drug-likeness (QED) is 0.862. The van der Waals surface area contributed by atoms with Gasteiger partial charge in [-0.15, -0.1) is 0 Å². The molecule has 1 amide bonds. The van der Waals surface area contributed by atoms with E-state index >= 15 is 0 Å². The van der Waals surface area contributed by atoms with E-state index in [9.17, 15) is 9.90 Å². The lowest BCUT2D eigenvalue weighted by Gasteiger charge is -2.26. The van der Waals surface area contributed by atoms with Crippen molar-refractivity contribution in [2.24, 2.45) is 0 Å². The third-order valence-corrected chi connectivity index (χ3v) is 3.94. The van der Waals surface area contributed by atoms with Crippen LogP contribution in [0, 0.1) is 0 Å². The van der Waals surface area contributed by atoms with E-state index in [1.807, 2.05) is 44.2 Å². The van der Waals surface area contributed by atoms with Gasteiger partial charge in [0, 0.05) is 12.0 Å². The van der Waals surface area contributed by atoms with Gasteiger partial charge in [0.2, 0.25) is 0 Å². The van der Waals surface area contributed by atoms with Gasteiger partial charge in [0.05, 0.1) is 7.11 Å². The lowest BCUT2D eigenvalue weighted by atomic mass is 9.84. The Morgan fingerprint density at radius 2 is 1.74 bits per heavy atom. The summed E-state index contributed by atoms with van der Waals surface area (Å²) in [5.41, 5.74) is 1.43. The summed E-state index contributed by atoms with van der Waals surface area (Å²) in [6.07, 6.45) is -1.15. The predicted octanol–water partition coefficient (Wildman–Crippen LogP) is 2.82. The fourth-order valence-corrected chi connectivity index (χ4v) is 2.34. The highest BCUT2D eigenvalue weighted by Gasteiger charge is 2.24. The molecule has 0 bridgehead atoms. The summed E-state index contributed by atoms with van der Waals surface area (Å²) >= 11 is 0. The fourth-order valence-electron chi connectivity index (χ4n) is 2.34. The molecule has 0 aliphatic heterocycles. The number of aliphatic hydroxyl groups is 1. The lowest BCUT2D eigenvalue weighted by molar-refractivity contribution is -0.129. The van der Waals surface area contributed by atoms with Crippen LogP contribution in [0.15, 0.2) is 54.6 Å². The van der Waals surface area contributed by atoms with Gasteiger partial charge >= 0.3 is 0 Å². The van der Waals surface area contributed by atoms with Gasteiger partial charge in [-0.2, -0.15) is 0 Å². The zero-order valence-corrected chi connectivity index (χ0v) is 13.7. The molecule has 0 saturated carbocycles. The third kappa shape index (κ3) is 4.33. The molecule has 122 valence electrons. The van der Waals surface area contributed by atoms with Crippen LogP contribution >= 0.6 is 0 Å². The average Bonchev–Trinajstić information content (AvgIpc) is 2.60. The van der Waals surface area contributed by atoms with Crippen LogP contribution < -0.4 is 10.1 Å². The molecule has 2 aromatic carbocycles. The highest BCUT2D eigenvalue weighted by molar-refractivity contribution is 5.82. The lowest BCUT2D eigenvalue weighted by Crippen LogP contribution is -2.39. The minimum atomic E-state index is -1.15. The zero-order chi connectivity index (χ0) is 16.9. The predicted molar refractivity (Wildman–Crippen MR) is 90.4 cm³/mol. The van der Waals surface area contributed by atoms with E-state index in [2.05, 4.69) is 5.32 Å². The topological polar surface area (TPSA) is 58.6 Å². The number of amides is 1. The van der Waals surface area contributed by atoms with Crippen molar-refractivity contribution in [1.82, 2.24) is 5.32 Å². The second-order valence-corrected chi connectivity index (χ2v) is 6.14. The number of aliphatic hydroxyl groups excluding tert-OH is 1. The summed E-state index contributed by atoms with van der Waals surface area (Å²) in [5, 5.41) is 12.9. The monoisotopic (exact) mass is 313 g/mol. The largest absolute Gasteiger partial charge is 0.497 e. The molecular weight excluding hydrogens is 290 g/mol. The molecule has 0 aliphatic carbocycles. The minimum Gasteiger partial charge on any atom is -0.497 e. The Balaban J connectivity index is 1.99. The van der Waals surface area contributed by atoms with Crippen molar-refractivity contribution in [3.05, 3.63) is 65.7 Å². The van der Waals surface area contributed by atoms with Crippen LogP contribution in [0.1, 0.15) is 31.1 Å². The van der Waals surface area contributed by atoms with E-state index in [0.717, 1.165) is 11.3 Å². The molecule has 1 unspecified atom stereocenters. The Morgan fingerprint density at radius 3 is 2.30 bits per heavy atom. The number of rotatable bonds is 6. The van der Waals surface area contributed by atoms with Crippen LogP contribution in [0.4, 0.5) is 0 Å². The molecule has 23 heavy (non-hydrogen) atoms. The van der Waals surface area contributed by atoms with Gasteiger partial charge in [0.25, 0.3) is 5.91 Å².